The molecule has 1 aromatic carbocycles. The van der Waals surface area contributed by atoms with E-state index >= 15 is 0 Å². The summed E-state index contributed by atoms with van der Waals surface area (Å²) in [6.45, 7) is 2.18. The molecular formula is C10H12Cl2N2O. The van der Waals surface area contributed by atoms with Gasteiger partial charge < -0.3 is 11.1 Å². The fraction of sp³-hybridized carbons (Fsp3) is 0.300. The Labute approximate surface area is 98.5 Å². The number of nitrogens with one attached hydrogen (secondary N) is 1. The average Bonchev–Trinajstić information content (AvgIpc) is 2.17. The highest BCUT2D eigenvalue weighted by Crippen LogP contribution is 2.23. The summed E-state index contributed by atoms with van der Waals surface area (Å²) in [5, 5.41) is 3.37. The van der Waals surface area contributed by atoms with Crippen LogP contribution in [0.2, 0.25) is 10.0 Å². The van der Waals surface area contributed by atoms with E-state index in [0.29, 0.717) is 22.2 Å². The number of carbonyl (C=O) groups is 1. The van der Waals surface area contributed by atoms with Gasteiger partial charge in [-0.25, -0.2) is 0 Å². The molecule has 0 heterocycles. The highest BCUT2D eigenvalue weighted by Gasteiger charge is 2.15. The molecule has 1 aromatic rings. The van der Waals surface area contributed by atoms with Gasteiger partial charge in [0.25, 0.3) is 5.91 Å². The van der Waals surface area contributed by atoms with Crippen LogP contribution in [0.3, 0.4) is 0 Å². The van der Waals surface area contributed by atoms with Crippen molar-refractivity contribution in [3.05, 3.63) is 33.8 Å². The van der Waals surface area contributed by atoms with Crippen LogP contribution in [0.5, 0.6) is 0 Å². The summed E-state index contributed by atoms with van der Waals surface area (Å²) in [5.74, 6) is -0.302. The van der Waals surface area contributed by atoms with E-state index in [1.165, 1.54) is 0 Å². The minimum Gasteiger partial charge on any atom is -0.348 e. The van der Waals surface area contributed by atoms with Crippen LogP contribution in [-0.4, -0.2) is 18.5 Å². The van der Waals surface area contributed by atoms with Crippen molar-refractivity contribution in [1.82, 2.24) is 5.32 Å². The first-order chi connectivity index (χ1) is 7.06. The lowest BCUT2D eigenvalue weighted by atomic mass is 10.2. The van der Waals surface area contributed by atoms with Gasteiger partial charge in [-0.15, -0.1) is 0 Å². The van der Waals surface area contributed by atoms with Crippen molar-refractivity contribution in [2.24, 2.45) is 5.73 Å². The van der Waals surface area contributed by atoms with Gasteiger partial charge in [0.1, 0.15) is 0 Å². The fourth-order valence-electron chi connectivity index (χ4n) is 1.07. The first kappa shape index (κ1) is 12.3. The second-order valence-corrected chi connectivity index (χ2v) is 4.02. The monoisotopic (exact) mass is 246 g/mol. The van der Waals surface area contributed by atoms with Gasteiger partial charge in [-0.2, -0.15) is 0 Å². The third-order valence-electron chi connectivity index (χ3n) is 1.92. The van der Waals surface area contributed by atoms with Crippen LogP contribution in [0.15, 0.2) is 18.2 Å². The molecule has 0 saturated heterocycles. The second-order valence-electron chi connectivity index (χ2n) is 3.21. The highest BCUT2D eigenvalue weighted by molar-refractivity contribution is 6.39. The number of benzene rings is 1. The van der Waals surface area contributed by atoms with Crippen molar-refractivity contribution in [3.8, 4) is 0 Å². The molecule has 0 aromatic heterocycles. The van der Waals surface area contributed by atoms with E-state index < -0.39 is 0 Å². The van der Waals surface area contributed by atoms with Crippen molar-refractivity contribution in [1.29, 1.82) is 0 Å². The smallest absolute Gasteiger partial charge is 0.254 e. The Morgan fingerprint density at radius 2 is 2.00 bits per heavy atom. The van der Waals surface area contributed by atoms with E-state index in [1.807, 2.05) is 6.92 Å². The van der Waals surface area contributed by atoms with Gasteiger partial charge in [-0.3, -0.25) is 4.79 Å². The van der Waals surface area contributed by atoms with Crippen LogP contribution in [0, 0.1) is 0 Å². The lowest BCUT2D eigenvalue weighted by Gasteiger charge is -2.12. The summed E-state index contributed by atoms with van der Waals surface area (Å²) >= 11 is 11.7. The van der Waals surface area contributed by atoms with Crippen LogP contribution >= 0.6 is 23.2 Å². The summed E-state index contributed by atoms with van der Waals surface area (Å²) in [5.41, 5.74) is 5.69. The molecule has 3 nitrogen and oxygen atoms in total. The SMILES string of the molecule is C[C@H](CN)NC(=O)c1c(Cl)cccc1Cl. The van der Waals surface area contributed by atoms with Crippen molar-refractivity contribution < 1.29 is 4.79 Å². The maximum atomic E-state index is 11.7. The van der Waals surface area contributed by atoms with Crippen LogP contribution in [0.4, 0.5) is 0 Å². The summed E-state index contributed by atoms with van der Waals surface area (Å²) in [6.07, 6.45) is 0. The number of carbonyl (C=O) groups excluding carboxylic acids is 1. The van der Waals surface area contributed by atoms with Crippen molar-refractivity contribution in [2.75, 3.05) is 6.54 Å². The van der Waals surface area contributed by atoms with Gasteiger partial charge in [0.15, 0.2) is 0 Å². The Morgan fingerprint density at radius 3 is 2.47 bits per heavy atom. The molecule has 82 valence electrons. The quantitative estimate of drug-likeness (QED) is 0.859. The van der Waals surface area contributed by atoms with E-state index in [0.717, 1.165) is 0 Å². The molecule has 0 unspecified atom stereocenters. The fourth-order valence-corrected chi connectivity index (χ4v) is 1.64. The summed E-state index contributed by atoms with van der Waals surface area (Å²) in [7, 11) is 0. The number of amides is 1. The van der Waals surface area contributed by atoms with Crippen molar-refractivity contribution in [3.63, 3.8) is 0 Å². The molecule has 3 N–H and O–H groups in total. The summed E-state index contributed by atoms with van der Waals surface area (Å²) in [4.78, 5) is 11.7. The lowest BCUT2D eigenvalue weighted by Crippen LogP contribution is -2.38. The molecular weight excluding hydrogens is 235 g/mol. The predicted molar refractivity (Wildman–Crippen MR) is 62.4 cm³/mol. The predicted octanol–water partition coefficient (Wildman–Crippen LogP) is 2.07. The molecule has 1 atom stereocenters. The topological polar surface area (TPSA) is 55.1 Å². The van der Waals surface area contributed by atoms with Crippen LogP contribution in [0.25, 0.3) is 0 Å². The van der Waals surface area contributed by atoms with Gasteiger partial charge in [-0.1, -0.05) is 29.3 Å². The molecule has 0 fully saturated rings. The molecule has 5 heteroatoms. The van der Waals surface area contributed by atoms with E-state index in [9.17, 15) is 4.79 Å². The summed E-state index contributed by atoms with van der Waals surface area (Å²) in [6, 6.07) is 4.82. The molecule has 0 aliphatic rings. The normalized spacial score (nSPS) is 12.3. The number of nitrogens with two attached hydrogens (primary N) is 1. The minimum absolute atomic E-state index is 0.107. The van der Waals surface area contributed by atoms with E-state index in [1.54, 1.807) is 18.2 Å². The standard InChI is InChI=1S/C10H12Cl2N2O/c1-6(5-13)14-10(15)9-7(11)3-2-4-8(9)12/h2-4,6H,5,13H2,1H3,(H,14,15)/t6-/m1/s1. The Kier molecular flexibility index (Phi) is 4.39. The molecule has 15 heavy (non-hydrogen) atoms. The van der Waals surface area contributed by atoms with Crippen molar-refractivity contribution in [2.45, 2.75) is 13.0 Å². The first-order valence-electron chi connectivity index (χ1n) is 4.51. The molecule has 1 amide bonds. The third-order valence-corrected chi connectivity index (χ3v) is 2.55. The number of hydrogen-bond acceptors (Lipinski definition) is 2. The van der Waals surface area contributed by atoms with Crippen molar-refractivity contribution >= 4 is 29.1 Å². The minimum atomic E-state index is -0.302. The zero-order chi connectivity index (χ0) is 11.4. The molecule has 0 spiro atoms. The van der Waals surface area contributed by atoms with Gasteiger partial charge in [0, 0.05) is 12.6 Å². The van der Waals surface area contributed by atoms with Crippen LogP contribution in [0.1, 0.15) is 17.3 Å². The first-order valence-corrected chi connectivity index (χ1v) is 5.26. The Balaban J connectivity index is 2.91. The zero-order valence-electron chi connectivity index (χ0n) is 8.26. The maximum absolute atomic E-state index is 11.7. The van der Waals surface area contributed by atoms with Crippen LogP contribution in [-0.2, 0) is 0 Å². The highest BCUT2D eigenvalue weighted by atomic mass is 35.5. The number of rotatable bonds is 3. The maximum Gasteiger partial charge on any atom is 0.254 e. The number of halogens is 2. The van der Waals surface area contributed by atoms with Gasteiger partial charge in [0.2, 0.25) is 0 Å². The van der Waals surface area contributed by atoms with Gasteiger partial charge >= 0.3 is 0 Å². The molecule has 0 aliphatic heterocycles. The van der Waals surface area contributed by atoms with E-state index in [4.69, 9.17) is 28.9 Å². The summed E-state index contributed by atoms with van der Waals surface area (Å²) < 4.78 is 0. The lowest BCUT2D eigenvalue weighted by molar-refractivity contribution is 0.0941. The van der Waals surface area contributed by atoms with E-state index in [2.05, 4.69) is 5.32 Å². The molecule has 0 saturated carbocycles. The number of hydrogen-bond donors (Lipinski definition) is 2. The molecule has 0 bridgehead atoms. The van der Waals surface area contributed by atoms with Gasteiger partial charge in [0.05, 0.1) is 15.6 Å². The second kappa shape index (κ2) is 5.35. The van der Waals surface area contributed by atoms with Crippen LogP contribution < -0.4 is 11.1 Å². The Hall–Kier alpha value is -0.770. The molecule has 0 aliphatic carbocycles. The Morgan fingerprint density at radius 1 is 1.47 bits per heavy atom. The van der Waals surface area contributed by atoms with Gasteiger partial charge in [-0.05, 0) is 19.1 Å². The average molecular weight is 247 g/mol. The molecule has 1 rings (SSSR count). The largest absolute Gasteiger partial charge is 0.348 e. The third kappa shape index (κ3) is 3.09. The van der Waals surface area contributed by atoms with E-state index in [-0.39, 0.29) is 11.9 Å². The molecule has 0 radical (unpaired) electrons. The zero-order valence-corrected chi connectivity index (χ0v) is 9.77. The Bertz CT molecular complexity index is 348.